The summed E-state index contributed by atoms with van der Waals surface area (Å²) >= 11 is 0. The summed E-state index contributed by atoms with van der Waals surface area (Å²) in [6, 6.07) is 0.250. The van der Waals surface area contributed by atoms with E-state index < -0.39 is 17.6 Å². The molecule has 0 aliphatic carbocycles. The van der Waals surface area contributed by atoms with E-state index in [4.69, 9.17) is 4.12 Å². The summed E-state index contributed by atoms with van der Waals surface area (Å²) in [5.74, 6) is 3.86. The van der Waals surface area contributed by atoms with Crippen LogP contribution in [0.4, 0.5) is 0 Å². The van der Waals surface area contributed by atoms with Crippen LogP contribution in [0.15, 0.2) is 0 Å². The van der Waals surface area contributed by atoms with E-state index in [1.54, 1.807) is 0 Å². The molecule has 0 aliphatic rings. The van der Waals surface area contributed by atoms with Crippen LogP contribution in [0.2, 0.25) is 12.1 Å². The van der Waals surface area contributed by atoms with Crippen molar-refractivity contribution in [2.45, 2.75) is 159 Å². The third-order valence-electron chi connectivity index (χ3n) is 9.10. The molecule has 236 valence electrons. The number of hydrogen-bond donors (Lipinski definition) is 4. The molecule has 7 heteroatoms. The van der Waals surface area contributed by atoms with E-state index in [2.05, 4.69) is 83.1 Å². The molecule has 5 nitrogen and oxygen atoms in total. The van der Waals surface area contributed by atoms with Crippen LogP contribution in [0, 0.1) is 46.3 Å². The Labute approximate surface area is 246 Å². The second-order valence-corrected chi connectivity index (χ2v) is 20.5. The fraction of sp³-hybridized carbons (Fsp3) is 1.00. The summed E-state index contributed by atoms with van der Waals surface area (Å²) < 4.78 is 5.31. The van der Waals surface area contributed by atoms with Crippen molar-refractivity contribution in [3.05, 3.63) is 0 Å². The quantitative estimate of drug-likeness (QED) is 0.0748. The van der Waals surface area contributed by atoms with Crippen LogP contribution < -0.4 is 0 Å². The molecule has 4 unspecified atom stereocenters. The van der Waals surface area contributed by atoms with E-state index in [9.17, 15) is 19.2 Å². The lowest BCUT2D eigenvalue weighted by atomic mass is 9.70. The van der Waals surface area contributed by atoms with Gasteiger partial charge in [0.15, 0.2) is 0 Å². The van der Waals surface area contributed by atoms with E-state index in [0.29, 0.717) is 48.3 Å². The largest absolute Gasteiger partial charge is 0.488 e. The van der Waals surface area contributed by atoms with Crippen LogP contribution in [0.5, 0.6) is 0 Å². The molecule has 0 saturated heterocycles. The molecule has 0 aliphatic heterocycles. The van der Waals surface area contributed by atoms with Gasteiger partial charge in [-0.15, -0.1) is 0 Å². The van der Waals surface area contributed by atoms with Crippen molar-refractivity contribution >= 4 is 17.6 Å². The highest BCUT2D eigenvalue weighted by Crippen LogP contribution is 2.41. The third kappa shape index (κ3) is 18.4. The highest BCUT2D eigenvalue weighted by molar-refractivity contribution is 6.72. The summed E-state index contributed by atoms with van der Waals surface area (Å²) in [4.78, 5) is 42.3. The van der Waals surface area contributed by atoms with Gasteiger partial charge in [0.2, 0.25) is 0 Å². The molecular weight excluding hydrogens is 521 g/mol. The Bertz CT molecular complexity index is 598. The first kappa shape index (κ1) is 39.2. The highest BCUT2D eigenvalue weighted by Gasteiger charge is 2.45. The average molecular weight is 591 g/mol. The minimum atomic E-state index is -4.11. The lowest BCUT2D eigenvalue weighted by Gasteiger charge is -2.36. The second-order valence-electron chi connectivity index (χ2n) is 15.7. The molecule has 0 rings (SSSR count). The predicted molar refractivity (Wildman–Crippen MR) is 171 cm³/mol. The molecule has 0 amide bonds. The van der Waals surface area contributed by atoms with Crippen LogP contribution in [0.3, 0.4) is 0 Å². The smallest absolute Gasteiger partial charge is 0.390 e. The number of rotatable bonds is 22. The minimum Gasteiger partial charge on any atom is -0.390 e. The SMILES string of the molecule is CC(C)CC(C)(CCCC[Si](O)(O)O[Si](O)(O)CCCCC(C)(CC(C)C)CC(C)C(C)C)CC(C)C(C)C. The van der Waals surface area contributed by atoms with Crippen molar-refractivity contribution in [3.63, 3.8) is 0 Å². The van der Waals surface area contributed by atoms with Gasteiger partial charge in [0, 0.05) is 12.1 Å². The Morgan fingerprint density at radius 1 is 0.513 bits per heavy atom. The van der Waals surface area contributed by atoms with Crippen molar-refractivity contribution in [2.24, 2.45) is 46.3 Å². The molecule has 0 saturated carbocycles. The highest BCUT2D eigenvalue weighted by atomic mass is 28.5. The molecular formula is C32H70O5Si2. The van der Waals surface area contributed by atoms with Gasteiger partial charge in [-0.2, -0.15) is 0 Å². The van der Waals surface area contributed by atoms with E-state index in [1.165, 1.54) is 12.8 Å². The lowest BCUT2D eigenvalue weighted by molar-refractivity contribution is 0.144. The first-order valence-corrected chi connectivity index (χ1v) is 20.2. The van der Waals surface area contributed by atoms with Crippen molar-refractivity contribution in [2.75, 3.05) is 0 Å². The first-order valence-electron chi connectivity index (χ1n) is 16.2. The molecule has 0 spiro atoms. The molecule has 0 radical (unpaired) electrons. The number of hydrogen-bond acceptors (Lipinski definition) is 5. The van der Waals surface area contributed by atoms with E-state index in [1.807, 2.05) is 0 Å². The van der Waals surface area contributed by atoms with Gasteiger partial charge >= 0.3 is 17.6 Å². The monoisotopic (exact) mass is 590 g/mol. The summed E-state index contributed by atoms with van der Waals surface area (Å²) in [6.07, 6.45) is 9.81. The van der Waals surface area contributed by atoms with Crippen LogP contribution >= 0.6 is 0 Å². The van der Waals surface area contributed by atoms with Crippen LogP contribution in [-0.4, -0.2) is 36.8 Å². The van der Waals surface area contributed by atoms with Gasteiger partial charge in [0.1, 0.15) is 0 Å². The average Bonchev–Trinajstić information content (AvgIpc) is 2.72. The Balaban J connectivity index is 4.78. The molecule has 39 heavy (non-hydrogen) atoms. The molecule has 0 aromatic rings. The zero-order valence-corrected chi connectivity index (χ0v) is 30.1. The van der Waals surface area contributed by atoms with E-state index in [0.717, 1.165) is 38.5 Å². The van der Waals surface area contributed by atoms with Crippen molar-refractivity contribution < 1.29 is 23.3 Å². The Morgan fingerprint density at radius 3 is 1.08 bits per heavy atom. The Morgan fingerprint density at radius 2 is 0.821 bits per heavy atom. The number of unbranched alkanes of at least 4 members (excludes halogenated alkanes) is 2. The Hall–Kier alpha value is 0.234. The van der Waals surface area contributed by atoms with Gasteiger partial charge in [0.05, 0.1) is 0 Å². The van der Waals surface area contributed by atoms with E-state index in [-0.39, 0.29) is 22.9 Å². The van der Waals surface area contributed by atoms with E-state index >= 15 is 0 Å². The molecule has 0 fully saturated rings. The maximum absolute atomic E-state index is 10.6. The van der Waals surface area contributed by atoms with Gasteiger partial charge in [0.25, 0.3) is 0 Å². The molecule has 0 bridgehead atoms. The fourth-order valence-corrected chi connectivity index (χ4v) is 11.1. The Kier molecular flexibility index (Phi) is 17.5. The summed E-state index contributed by atoms with van der Waals surface area (Å²) in [5, 5.41) is 0. The maximum atomic E-state index is 10.6. The second kappa shape index (κ2) is 17.4. The zero-order chi connectivity index (χ0) is 30.7. The van der Waals surface area contributed by atoms with Crippen molar-refractivity contribution in [1.82, 2.24) is 0 Å². The predicted octanol–water partition coefficient (Wildman–Crippen LogP) is 8.66. The summed E-state index contributed by atoms with van der Waals surface area (Å²) in [7, 11) is -8.22. The fourth-order valence-electron chi connectivity index (χ4n) is 6.75. The van der Waals surface area contributed by atoms with Gasteiger partial charge in [-0.25, -0.2) is 0 Å². The van der Waals surface area contributed by atoms with Crippen LogP contribution in [0.25, 0.3) is 0 Å². The minimum absolute atomic E-state index is 0.125. The van der Waals surface area contributed by atoms with Crippen LogP contribution in [0.1, 0.15) is 147 Å². The summed E-state index contributed by atoms with van der Waals surface area (Å²) in [6.45, 7) is 27.6. The summed E-state index contributed by atoms with van der Waals surface area (Å²) in [5.41, 5.74) is 0.467. The molecule has 4 N–H and O–H groups in total. The topological polar surface area (TPSA) is 90.2 Å². The molecule has 0 aromatic carbocycles. The maximum Gasteiger partial charge on any atom is 0.488 e. The van der Waals surface area contributed by atoms with Gasteiger partial charge in [-0.3, -0.25) is 0 Å². The lowest BCUT2D eigenvalue weighted by Crippen LogP contribution is -2.52. The van der Waals surface area contributed by atoms with Crippen LogP contribution in [-0.2, 0) is 4.12 Å². The first-order chi connectivity index (χ1) is 17.6. The van der Waals surface area contributed by atoms with Crippen molar-refractivity contribution in [3.8, 4) is 0 Å². The molecule has 4 atom stereocenters. The van der Waals surface area contributed by atoms with Gasteiger partial charge in [-0.1, -0.05) is 95.9 Å². The van der Waals surface area contributed by atoms with Gasteiger partial charge < -0.3 is 23.3 Å². The van der Waals surface area contributed by atoms with Crippen molar-refractivity contribution in [1.29, 1.82) is 0 Å². The molecule has 0 aromatic heterocycles. The molecule has 0 heterocycles. The van der Waals surface area contributed by atoms with Gasteiger partial charge in [-0.05, 0) is 97.7 Å². The third-order valence-corrected chi connectivity index (χ3v) is 13.7. The normalized spacial score (nSPS) is 18.2. The standard InChI is InChI=1S/C32H70O5Si2/c1-25(2)21-31(11,23-29(9)27(5)6)17-13-15-19-38(33,34)37-39(35,36)20-16-14-18-32(12,22-26(3)4)24-30(10)28(7)8/h25-30,33-36H,13-24H2,1-12H3. The zero-order valence-electron chi connectivity index (χ0n) is 28.1.